The zero-order valence-electron chi connectivity index (χ0n) is 17.2. The first-order valence-electron chi connectivity index (χ1n) is 9.81. The van der Waals surface area contributed by atoms with Crippen LogP contribution in [0, 0.1) is 13.8 Å². The van der Waals surface area contributed by atoms with Crippen molar-refractivity contribution in [3.63, 3.8) is 0 Å². The number of fused-ring (bicyclic) bond motifs is 1. The molecule has 7 nitrogen and oxygen atoms in total. The SMILES string of the molecule is Cc1ccc(NC(=O)CCc2nc3c(C)nn(-c4ccccc4)c3n(C)c2=O)cc1. The van der Waals surface area contributed by atoms with Gasteiger partial charge in [-0.05, 0) is 38.1 Å². The number of hydrogen-bond acceptors (Lipinski definition) is 4. The van der Waals surface area contributed by atoms with E-state index in [1.54, 1.807) is 16.3 Å². The number of anilines is 1. The zero-order valence-corrected chi connectivity index (χ0v) is 17.2. The lowest BCUT2D eigenvalue weighted by Gasteiger charge is -2.09. The summed E-state index contributed by atoms with van der Waals surface area (Å²) in [5.74, 6) is -0.153. The average molecular weight is 401 g/mol. The molecule has 4 aromatic rings. The zero-order chi connectivity index (χ0) is 21.3. The smallest absolute Gasteiger partial charge is 0.273 e. The highest BCUT2D eigenvalue weighted by atomic mass is 16.1. The summed E-state index contributed by atoms with van der Waals surface area (Å²) in [5.41, 5.74) is 4.89. The van der Waals surface area contributed by atoms with Gasteiger partial charge in [0, 0.05) is 25.6 Å². The number of nitrogens with zero attached hydrogens (tertiary/aromatic N) is 4. The summed E-state index contributed by atoms with van der Waals surface area (Å²) in [5, 5.41) is 7.43. The number of carbonyl (C=O) groups excluding carboxylic acids is 1. The molecule has 1 amide bonds. The summed E-state index contributed by atoms with van der Waals surface area (Å²) in [7, 11) is 1.71. The molecule has 152 valence electrons. The molecule has 2 aromatic heterocycles. The van der Waals surface area contributed by atoms with E-state index in [4.69, 9.17) is 0 Å². The predicted molar refractivity (Wildman–Crippen MR) is 117 cm³/mol. The number of aromatic nitrogens is 4. The van der Waals surface area contributed by atoms with E-state index in [2.05, 4.69) is 15.4 Å². The first-order chi connectivity index (χ1) is 14.4. The van der Waals surface area contributed by atoms with Gasteiger partial charge in [0.05, 0.1) is 11.4 Å². The van der Waals surface area contributed by atoms with Gasteiger partial charge in [-0.1, -0.05) is 35.9 Å². The molecular formula is C23H23N5O2. The predicted octanol–water partition coefficient (Wildman–Crippen LogP) is 3.31. The molecule has 1 N–H and O–H groups in total. The fourth-order valence-corrected chi connectivity index (χ4v) is 3.42. The molecule has 2 aromatic carbocycles. The summed E-state index contributed by atoms with van der Waals surface area (Å²) in [6.07, 6.45) is 0.434. The fourth-order valence-electron chi connectivity index (χ4n) is 3.42. The highest BCUT2D eigenvalue weighted by Gasteiger charge is 2.18. The first-order valence-corrected chi connectivity index (χ1v) is 9.81. The van der Waals surface area contributed by atoms with E-state index in [0.29, 0.717) is 16.9 Å². The Bertz CT molecular complexity index is 1270. The van der Waals surface area contributed by atoms with Crippen LogP contribution >= 0.6 is 0 Å². The van der Waals surface area contributed by atoms with Crippen molar-refractivity contribution in [1.29, 1.82) is 0 Å². The second kappa shape index (κ2) is 7.94. The lowest BCUT2D eigenvalue weighted by Crippen LogP contribution is -2.25. The molecular weight excluding hydrogens is 378 g/mol. The normalized spacial score (nSPS) is 11.0. The van der Waals surface area contributed by atoms with Crippen molar-refractivity contribution in [2.24, 2.45) is 7.05 Å². The third-order valence-electron chi connectivity index (χ3n) is 5.05. The second-order valence-electron chi connectivity index (χ2n) is 7.34. The van der Waals surface area contributed by atoms with Crippen molar-refractivity contribution in [3.05, 3.63) is 81.9 Å². The van der Waals surface area contributed by atoms with Crippen molar-refractivity contribution in [2.45, 2.75) is 26.7 Å². The van der Waals surface area contributed by atoms with E-state index >= 15 is 0 Å². The van der Waals surface area contributed by atoms with E-state index in [1.807, 2.05) is 68.4 Å². The second-order valence-corrected chi connectivity index (χ2v) is 7.34. The van der Waals surface area contributed by atoms with Gasteiger partial charge in [-0.25, -0.2) is 9.67 Å². The molecule has 0 saturated heterocycles. The molecule has 7 heteroatoms. The maximum Gasteiger partial charge on any atom is 0.273 e. The summed E-state index contributed by atoms with van der Waals surface area (Å²) >= 11 is 0. The standard InChI is InChI=1S/C23H23N5O2/c1-15-9-11-17(12-10-15)24-20(29)14-13-19-23(30)27(3)22-21(25-19)16(2)26-28(22)18-7-5-4-6-8-18/h4-12H,13-14H2,1-3H3,(H,24,29). The van der Waals surface area contributed by atoms with Crippen LogP contribution in [0.4, 0.5) is 5.69 Å². The number of amides is 1. The number of rotatable bonds is 5. The average Bonchev–Trinajstić information content (AvgIpc) is 3.08. The lowest BCUT2D eigenvalue weighted by atomic mass is 10.2. The fraction of sp³-hybridized carbons (Fsp3) is 0.217. The number of para-hydroxylation sites is 1. The Kier molecular flexibility index (Phi) is 5.18. The first kappa shape index (κ1) is 19.6. The quantitative estimate of drug-likeness (QED) is 0.556. The molecule has 4 rings (SSSR count). The van der Waals surface area contributed by atoms with Crippen molar-refractivity contribution in [2.75, 3.05) is 5.32 Å². The van der Waals surface area contributed by atoms with Crippen molar-refractivity contribution in [3.8, 4) is 5.69 Å². The maximum absolute atomic E-state index is 12.9. The summed E-state index contributed by atoms with van der Waals surface area (Å²) in [4.78, 5) is 29.8. The van der Waals surface area contributed by atoms with Gasteiger partial charge in [-0.15, -0.1) is 0 Å². The monoisotopic (exact) mass is 401 g/mol. The van der Waals surface area contributed by atoms with Crippen molar-refractivity contribution in [1.82, 2.24) is 19.3 Å². The summed E-state index contributed by atoms with van der Waals surface area (Å²) in [6, 6.07) is 17.2. The molecule has 0 aliphatic rings. The van der Waals surface area contributed by atoms with Crippen molar-refractivity contribution < 1.29 is 4.79 Å². The number of nitrogens with one attached hydrogen (secondary N) is 1. The highest BCUT2D eigenvalue weighted by Crippen LogP contribution is 2.19. The van der Waals surface area contributed by atoms with Gasteiger partial charge in [0.15, 0.2) is 5.65 Å². The Morgan fingerprint density at radius 1 is 1.03 bits per heavy atom. The Hall–Kier alpha value is -3.74. The maximum atomic E-state index is 12.9. The molecule has 0 spiro atoms. The van der Waals surface area contributed by atoms with E-state index in [1.165, 1.54) is 0 Å². The number of benzene rings is 2. The molecule has 30 heavy (non-hydrogen) atoms. The summed E-state index contributed by atoms with van der Waals surface area (Å²) < 4.78 is 3.29. The molecule has 0 fully saturated rings. The highest BCUT2D eigenvalue weighted by molar-refractivity contribution is 5.90. The van der Waals surface area contributed by atoms with Crippen LogP contribution in [0.15, 0.2) is 59.4 Å². The molecule has 0 radical (unpaired) electrons. The minimum Gasteiger partial charge on any atom is -0.326 e. The minimum absolute atomic E-state index is 0.153. The van der Waals surface area contributed by atoms with Crippen molar-refractivity contribution >= 4 is 22.8 Å². The van der Waals surface area contributed by atoms with Crippen LogP contribution in [-0.2, 0) is 18.3 Å². The lowest BCUT2D eigenvalue weighted by molar-refractivity contribution is -0.116. The Morgan fingerprint density at radius 2 is 1.73 bits per heavy atom. The third kappa shape index (κ3) is 3.74. The Morgan fingerprint density at radius 3 is 2.43 bits per heavy atom. The number of carbonyl (C=O) groups is 1. The van der Waals surface area contributed by atoms with Gasteiger partial charge >= 0.3 is 0 Å². The number of hydrogen-bond donors (Lipinski definition) is 1. The molecule has 0 aliphatic heterocycles. The third-order valence-corrected chi connectivity index (χ3v) is 5.05. The van der Waals surface area contributed by atoms with Gasteiger partial charge < -0.3 is 5.32 Å². The Balaban J connectivity index is 1.60. The van der Waals surface area contributed by atoms with Crippen LogP contribution in [-0.4, -0.2) is 25.2 Å². The topological polar surface area (TPSA) is 81.8 Å². The number of aryl methyl sites for hydroxylation is 4. The van der Waals surface area contributed by atoms with E-state index < -0.39 is 0 Å². The van der Waals surface area contributed by atoms with Crippen LogP contribution in [0.25, 0.3) is 16.9 Å². The van der Waals surface area contributed by atoms with Gasteiger partial charge in [0.2, 0.25) is 5.91 Å². The van der Waals surface area contributed by atoms with Crippen LogP contribution in [0.3, 0.4) is 0 Å². The van der Waals surface area contributed by atoms with E-state index in [-0.39, 0.29) is 24.3 Å². The van der Waals surface area contributed by atoms with E-state index in [9.17, 15) is 9.59 Å². The largest absolute Gasteiger partial charge is 0.326 e. The summed E-state index contributed by atoms with van der Waals surface area (Å²) in [6.45, 7) is 3.86. The molecule has 0 aliphatic carbocycles. The molecule has 0 saturated carbocycles. The molecule has 2 heterocycles. The van der Waals surface area contributed by atoms with Crippen LogP contribution < -0.4 is 10.9 Å². The molecule has 0 bridgehead atoms. The van der Waals surface area contributed by atoms with Gasteiger partial charge in [-0.3, -0.25) is 14.2 Å². The van der Waals surface area contributed by atoms with E-state index in [0.717, 1.165) is 22.6 Å². The van der Waals surface area contributed by atoms with Crippen LogP contribution in [0.1, 0.15) is 23.4 Å². The minimum atomic E-state index is -0.220. The van der Waals surface area contributed by atoms with Gasteiger partial charge in [0.1, 0.15) is 11.2 Å². The van der Waals surface area contributed by atoms with Gasteiger partial charge in [0.25, 0.3) is 5.56 Å². The van der Waals surface area contributed by atoms with Crippen LogP contribution in [0.2, 0.25) is 0 Å². The molecule has 0 atom stereocenters. The van der Waals surface area contributed by atoms with Crippen LogP contribution in [0.5, 0.6) is 0 Å². The Labute approximate surface area is 174 Å². The molecule has 0 unspecified atom stereocenters. The van der Waals surface area contributed by atoms with Gasteiger partial charge in [-0.2, -0.15) is 5.10 Å².